The van der Waals surface area contributed by atoms with Gasteiger partial charge in [0.15, 0.2) is 0 Å². The van der Waals surface area contributed by atoms with Crippen molar-refractivity contribution in [3.8, 4) is 11.8 Å². The number of thiol groups is 1. The minimum Gasteiger partial charge on any atom is -0.495 e. The van der Waals surface area contributed by atoms with Gasteiger partial charge in [-0.1, -0.05) is 6.07 Å². The van der Waals surface area contributed by atoms with Crippen molar-refractivity contribution < 1.29 is 13.9 Å². The first kappa shape index (κ1) is 14.9. The van der Waals surface area contributed by atoms with Crippen LogP contribution in [0.15, 0.2) is 41.3 Å². The number of hydrogen-bond acceptors (Lipinski definition) is 4. The maximum Gasteiger partial charge on any atom is 0.258 e. The number of amides is 1. The summed E-state index contributed by atoms with van der Waals surface area (Å²) >= 11 is 4.08. The van der Waals surface area contributed by atoms with E-state index in [1.165, 1.54) is 25.3 Å². The fourth-order valence-electron chi connectivity index (χ4n) is 1.79. The van der Waals surface area contributed by atoms with E-state index in [2.05, 4.69) is 17.9 Å². The molecule has 2 aromatic rings. The number of ether oxygens (including phenoxy) is 1. The number of para-hydroxylation sites is 1. The van der Waals surface area contributed by atoms with E-state index in [-0.39, 0.29) is 16.8 Å². The minimum atomic E-state index is -0.676. The zero-order valence-corrected chi connectivity index (χ0v) is 11.9. The predicted octanol–water partition coefficient (Wildman–Crippen LogP) is 3.25. The molecule has 4 nitrogen and oxygen atoms in total. The maximum absolute atomic E-state index is 13.7. The monoisotopic (exact) mass is 302 g/mol. The molecule has 0 heterocycles. The van der Waals surface area contributed by atoms with E-state index in [0.29, 0.717) is 10.6 Å². The topological polar surface area (TPSA) is 62.1 Å². The molecule has 0 saturated heterocycles. The summed E-state index contributed by atoms with van der Waals surface area (Å²) in [5, 5.41) is 11.6. The van der Waals surface area contributed by atoms with Crippen molar-refractivity contribution in [3.63, 3.8) is 0 Å². The van der Waals surface area contributed by atoms with Gasteiger partial charge in [0.1, 0.15) is 23.3 Å². The number of methoxy groups -OCH3 is 1. The van der Waals surface area contributed by atoms with E-state index in [4.69, 9.17) is 10.00 Å². The van der Waals surface area contributed by atoms with Gasteiger partial charge in [-0.15, -0.1) is 12.6 Å². The van der Waals surface area contributed by atoms with Gasteiger partial charge in [0.25, 0.3) is 5.91 Å². The van der Waals surface area contributed by atoms with Gasteiger partial charge in [-0.3, -0.25) is 4.79 Å². The molecule has 1 amide bonds. The van der Waals surface area contributed by atoms with Crippen LogP contribution in [-0.4, -0.2) is 13.0 Å². The zero-order valence-electron chi connectivity index (χ0n) is 11.1. The Morgan fingerprint density at radius 3 is 2.81 bits per heavy atom. The van der Waals surface area contributed by atoms with Crippen molar-refractivity contribution in [2.24, 2.45) is 0 Å². The second kappa shape index (κ2) is 6.29. The van der Waals surface area contributed by atoms with E-state index >= 15 is 0 Å². The highest BCUT2D eigenvalue weighted by molar-refractivity contribution is 7.80. The van der Waals surface area contributed by atoms with Gasteiger partial charge < -0.3 is 10.1 Å². The third-order valence-corrected chi connectivity index (χ3v) is 3.08. The maximum atomic E-state index is 13.7. The summed E-state index contributed by atoms with van der Waals surface area (Å²) in [6.07, 6.45) is 0. The van der Waals surface area contributed by atoms with Crippen LogP contribution < -0.4 is 10.1 Å². The van der Waals surface area contributed by atoms with Crippen molar-refractivity contribution in [2.45, 2.75) is 4.90 Å². The number of benzene rings is 2. The summed E-state index contributed by atoms with van der Waals surface area (Å²) in [6.45, 7) is 0. The van der Waals surface area contributed by atoms with Crippen molar-refractivity contribution >= 4 is 24.2 Å². The lowest BCUT2D eigenvalue weighted by Gasteiger charge is -2.12. The number of halogens is 1. The second-order valence-corrected chi connectivity index (χ2v) is 4.63. The molecule has 21 heavy (non-hydrogen) atoms. The standard InChI is InChI=1S/C15H11FN2O2S/c1-20-13-4-2-3-9(8-17)14(13)18-15(19)11-7-10(21)5-6-12(11)16/h2-7,21H,1H3,(H,18,19). The van der Waals surface area contributed by atoms with E-state index in [0.717, 1.165) is 6.07 Å². The van der Waals surface area contributed by atoms with Gasteiger partial charge in [-0.2, -0.15) is 5.26 Å². The number of nitriles is 1. The van der Waals surface area contributed by atoms with Crippen LogP contribution in [0.4, 0.5) is 10.1 Å². The summed E-state index contributed by atoms with van der Waals surface area (Å²) in [7, 11) is 1.42. The Morgan fingerprint density at radius 1 is 1.38 bits per heavy atom. The number of carbonyl (C=O) groups is 1. The number of nitrogens with zero attached hydrogens (tertiary/aromatic N) is 1. The largest absolute Gasteiger partial charge is 0.495 e. The lowest BCUT2D eigenvalue weighted by molar-refractivity contribution is 0.102. The average molecular weight is 302 g/mol. The molecule has 0 aromatic heterocycles. The van der Waals surface area contributed by atoms with Crippen LogP contribution >= 0.6 is 12.6 Å². The molecule has 106 valence electrons. The lowest BCUT2D eigenvalue weighted by atomic mass is 10.1. The van der Waals surface area contributed by atoms with Gasteiger partial charge in [0.2, 0.25) is 0 Å². The molecule has 0 radical (unpaired) electrons. The Kier molecular flexibility index (Phi) is 4.45. The third-order valence-electron chi connectivity index (χ3n) is 2.80. The molecular weight excluding hydrogens is 291 g/mol. The molecule has 0 spiro atoms. The van der Waals surface area contributed by atoms with Crippen LogP contribution in [0, 0.1) is 17.1 Å². The summed E-state index contributed by atoms with van der Waals surface area (Å²) in [6, 6.07) is 10.6. The number of anilines is 1. The smallest absolute Gasteiger partial charge is 0.258 e. The van der Waals surface area contributed by atoms with Crippen LogP contribution in [0.2, 0.25) is 0 Å². The summed E-state index contributed by atoms with van der Waals surface area (Å²) in [5.74, 6) is -1.02. The van der Waals surface area contributed by atoms with Crippen molar-refractivity contribution in [3.05, 3.63) is 53.3 Å². The van der Waals surface area contributed by atoms with Crippen LogP contribution in [0.5, 0.6) is 5.75 Å². The van der Waals surface area contributed by atoms with Gasteiger partial charge in [-0.25, -0.2) is 4.39 Å². The average Bonchev–Trinajstić information content (AvgIpc) is 2.49. The van der Waals surface area contributed by atoms with Gasteiger partial charge in [0, 0.05) is 4.90 Å². The molecule has 0 atom stereocenters. The number of nitrogens with one attached hydrogen (secondary N) is 1. The summed E-state index contributed by atoms with van der Waals surface area (Å²) in [5.41, 5.74) is 0.277. The Balaban J connectivity index is 2.41. The van der Waals surface area contributed by atoms with E-state index in [9.17, 15) is 9.18 Å². The Labute approximate surface area is 126 Å². The van der Waals surface area contributed by atoms with Gasteiger partial charge in [0.05, 0.1) is 18.2 Å². The molecule has 0 unspecified atom stereocenters. The number of carbonyl (C=O) groups excluding carboxylic acids is 1. The molecule has 6 heteroatoms. The normalized spacial score (nSPS) is 9.81. The van der Waals surface area contributed by atoms with Crippen LogP contribution in [0.1, 0.15) is 15.9 Å². The quantitative estimate of drug-likeness (QED) is 0.856. The molecule has 2 aromatic carbocycles. The first-order chi connectivity index (χ1) is 10.1. The van der Waals surface area contributed by atoms with Crippen molar-refractivity contribution in [1.82, 2.24) is 0 Å². The summed E-state index contributed by atoms with van der Waals surface area (Å²) in [4.78, 5) is 12.6. The van der Waals surface area contributed by atoms with Gasteiger partial charge >= 0.3 is 0 Å². The predicted molar refractivity (Wildman–Crippen MR) is 79.3 cm³/mol. The Bertz CT molecular complexity index is 741. The first-order valence-corrected chi connectivity index (χ1v) is 6.38. The molecule has 0 aliphatic rings. The highest BCUT2D eigenvalue weighted by Gasteiger charge is 2.16. The zero-order chi connectivity index (χ0) is 15.4. The Hall–Kier alpha value is -2.52. The molecule has 0 aliphatic heterocycles. The second-order valence-electron chi connectivity index (χ2n) is 4.11. The van der Waals surface area contributed by atoms with Crippen LogP contribution in [-0.2, 0) is 0 Å². The molecule has 2 rings (SSSR count). The van der Waals surface area contributed by atoms with Crippen molar-refractivity contribution in [1.29, 1.82) is 5.26 Å². The molecule has 0 bridgehead atoms. The molecule has 0 aliphatic carbocycles. The fourth-order valence-corrected chi connectivity index (χ4v) is 2.00. The molecule has 0 fully saturated rings. The highest BCUT2D eigenvalue weighted by Crippen LogP contribution is 2.28. The van der Waals surface area contributed by atoms with E-state index in [1.54, 1.807) is 12.1 Å². The van der Waals surface area contributed by atoms with Crippen LogP contribution in [0.25, 0.3) is 0 Å². The fraction of sp³-hybridized carbons (Fsp3) is 0.0667. The molecule has 0 saturated carbocycles. The minimum absolute atomic E-state index is 0.155. The third kappa shape index (κ3) is 3.15. The molecular formula is C15H11FN2O2S. The van der Waals surface area contributed by atoms with Crippen LogP contribution in [0.3, 0.4) is 0 Å². The lowest BCUT2D eigenvalue weighted by Crippen LogP contribution is -2.15. The van der Waals surface area contributed by atoms with Crippen molar-refractivity contribution in [2.75, 3.05) is 12.4 Å². The highest BCUT2D eigenvalue weighted by atomic mass is 32.1. The SMILES string of the molecule is COc1cccc(C#N)c1NC(=O)c1cc(S)ccc1F. The Morgan fingerprint density at radius 2 is 2.14 bits per heavy atom. The van der Waals surface area contributed by atoms with E-state index in [1.807, 2.05) is 6.07 Å². The van der Waals surface area contributed by atoms with Gasteiger partial charge in [-0.05, 0) is 30.3 Å². The number of rotatable bonds is 3. The first-order valence-electron chi connectivity index (χ1n) is 5.93. The van der Waals surface area contributed by atoms with E-state index < -0.39 is 11.7 Å². The molecule has 1 N–H and O–H groups in total. The summed E-state index contributed by atoms with van der Waals surface area (Å²) < 4.78 is 18.8. The number of hydrogen-bond donors (Lipinski definition) is 2.